The van der Waals surface area contributed by atoms with Gasteiger partial charge >= 0.3 is 0 Å². The Balaban J connectivity index is 1.53. The van der Waals surface area contributed by atoms with Crippen LogP contribution in [0.2, 0.25) is 0 Å². The van der Waals surface area contributed by atoms with Gasteiger partial charge in [0.1, 0.15) is 18.2 Å². The Morgan fingerprint density at radius 2 is 2.00 bits per heavy atom. The third-order valence-electron chi connectivity index (χ3n) is 4.08. The molecule has 0 aliphatic rings. The molecule has 0 aliphatic heterocycles. The number of amides is 1. The summed E-state index contributed by atoms with van der Waals surface area (Å²) >= 11 is 0. The second-order valence-electron chi connectivity index (χ2n) is 5.98. The number of carbonyl (C=O) groups excluding carboxylic acids is 1. The van der Waals surface area contributed by atoms with Crippen LogP contribution in [0.25, 0.3) is 5.69 Å². The number of aromatic nitrogens is 3. The number of hydrogen-bond donors (Lipinski definition) is 1. The van der Waals surface area contributed by atoms with Gasteiger partial charge in [0, 0.05) is 5.69 Å². The number of para-hydroxylation sites is 1. The van der Waals surface area contributed by atoms with Gasteiger partial charge in [-0.2, -0.15) is 0 Å². The first kappa shape index (κ1) is 18.6. The molecule has 2 aromatic carbocycles. The Bertz CT molecular complexity index is 880. The Morgan fingerprint density at radius 3 is 2.78 bits per heavy atom. The van der Waals surface area contributed by atoms with Crippen LogP contribution < -0.4 is 10.1 Å². The fourth-order valence-electron chi connectivity index (χ4n) is 2.55. The Morgan fingerprint density at radius 1 is 1.19 bits per heavy atom. The zero-order valence-electron chi connectivity index (χ0n) is 15.3. The fourth-order valence-corrected chi connectivity index (χ4v) is 2.55. The molecule has 0 saturated heterocycles. The number of rotatable bonds is 8. The van der Waals surface area contributed by atoms with Gasteiger partial charge in [-0.3, -0.25) is 9.36 Å². The van der Waals surface area contributed by atoms with Crippen LogP contribution in [0, 0.1) is 0 Å². The van der Waals surface area contributed by atoms with Crippen molar-refractivity contribution < 1.29 is 14.3 Å². The highest BCUT2D eigenvalue weighted by molar-refractivity contribution is 5.80. The van der Waals surface area contributed by atoms with Gasteiger partial charge in [0.15, 0.2) is 5.82 Å². The molecule has 0 spiro atoms. The first-order chi connectivity index (χ1) is 13.2. The topological polar surface area (TPSA) is 78.3 Å². The van der Waals surface area contributed by atoms with Crippen LogP contribution in [0.3, 0.4) is 0 Å². The van der Waals surface area contributed by atoms with E-state index in [9.17, 15) is 4.79 Å². The van der Waals surface area contributed by atoms with Crippen molar-refractivity contribution in [3.63, 3.8) is 0 Å². The Labute approximate surface area is 158 Å². The summed E-state index contributed by atoms with van der Waals surface area (Å²) in [7, 11) is 1.62. The lowest BCUT2D eigenvalue weighted by Gasteiger charge is -2.14. The van der Waals surface area contributed by atoms with Gasteiger partial charge in [0.2, 0.25) is 5.91 Å². The van der Waals surface area contributed by atoms with Gasteiger partial charge in [-0.1, -0.05) is 30.3 Å². The molecule has 1 heterocycles. The van der Waals surface area contributed by atoms with Crippen molar-refractivity contribution in [2.24, 2.45) is 0 Å². The Hall–Kier alpha value is -3.19. The zero-order valence-corrected chi connectivity index (χ0v) is 15.3. The highest BCUT2D eigenvalue weighted by Crippen LogP contribution is 2.14. The molecular formula is C20H22N4O3. The largest absolute Gasteiger partial charge is 0.497 e. The van der Waals surface area contributed by atoms with Crippen molar-refractivity contribution in [2.75, 3.05) is 7.11 Å². The summed E-state index contributed by atoms with van der Waals surface area (Å²) in [5.74, 6) is 1.20. The molecule has 0 bridgehead atoms. The highest BCUT2D eigenvalue weighted by atomic mass is 16.5. The first-order valence-corrected chi connectivity index (χ1v) is 8.64. The van der Waals surface area contributed by atoms with E-state index in [-0.39, 0.29) is 12.5 Å². The van der Waals surface area contributed by atoms with E-state index in [4.69, 9.17) is 9.47 Å². The second kappa shape index (κ2) is 8.95. The maximum atomic E-state index is 12.3. The summed E-state index contributed by atoms with van der Waals surface area (Å²) in [6.07, 6.45) is 1.03. The molecule has 0 radical (unpaired) electrons. The minimum atomic E-state index is -0.593. The summed E-state index contributed by atoms with van der Waals surface area (Å²) in [6, 6.07) is 17.3. The van der Waals surface area contributed by atoms with Crippen molar-refractivity contribution >= 4 is 5.91 Å². The van der Waals surface area contributed by atoms with Crippen molar-refractivity contribution in [3.8, 4) is 11.4 Å². The van der Waals surface area contributed by atoms with Crippen LogP contribution in [0.1, 0.15) is 18.3 Å². The zero-order chi connectivity index (χ0) is 19.1. The van der Waals surface area contributed by atoms with Crippen LogP contribution >= 0.6 is 0 Å². The minimum Gasteiger partial charge on any atom is -0.497 e. The third kappa shape index (κ3) is 4.92. The van der Waals surface area contributed by atoms with Crippen LogP contribution in [0.5, 0.6) is 5.75 Å². The number of methoxy groups -OCH3 is 1. The maximum absolute atomic E-state index is 12.3. The number of nitrogens with zero attached hydrogens (tertiary/aromatic N) is 3. The normalized spacial score (nSPS) is 11.8. The van der Waals surface area contributed by atoms with Gasteiger partial charge in [-0.25, -0.2) is 0 Å². The molecule has 0 aliphatic carbocycles. The molecule has 1 aromatic heterocycles. The van der Waals surface area contributed by atoms with Crippen LogP contribution in [-0.2, 0) is 22.7 Å². The average molecular weight is 366 g/mol. The highest BCUT2D eigenvalue weighted by Gasteiger charge is 2.15. The summed E-state index contributed by atoms with van der Waals surface area (Å²) in [6.45, 7) is 2.31. The van der Waals surface area contributed by atoms with E-state index >= 15 is 0 Å². The molecule has 1 atom stereocenters. The number of benzene rings is 2. The summed E-state index contributed by atoms with van der Waals surface area (Å²) in [5.41, 5.74) is 1.88. The molecule has 140 valence electrons. The second-order valence-corrected chi connectivity index (χ2v) is 5.98. The van der Waals surface area contributed by atoms with E-state index < -0.39 is 6.10 Å². The predicted molar refractivity (Wildman–Crippen MR) is 100 cm³/mol. The van der Waals surface area contributed by atoms with Gasteiger partial charge in [0.05, 0.1) is 20.3 Å². The van der Waals surface area contributed by atoms with Crippen LogP contribution in [0.15, 0.2) is 60.9 Å². The molecule has 7 nitrogen and oxygen atoms in total. The molecule has 1 unspecified atom stereocenters. The molecule has 0 saturated carbocycles. The van der Waals surface area contributed by atoms with E-state index in [1.54, 1.807) is 20.4 Å². The van der Waals surface area contributed by atoms with Gasteiger partial charge in [-0.05, 0) is 36.8 Å². The molecule has 3 rings (SSSR count). The average Bonchev–Trinajstić information content (AvgIpc) is 3.19. The monoisotopic (exact) mass is 366 g/mol. The standard InChI is InChI=1S/C20H22N4O3/c1-15(27-13-16-7-6-10-18(11-16)26-2)20(25)21-12-19-23-22-14-24(19)17-8-4-3-5-9-17/h3-11,14-15H,12-13H2,1-2H3,(H,21,25). The Kier molecular flexibility index (Phi) is 6.17. The number of nitrogens with one attached hydrogen (secondary N) is 1. The molecule has 1 amide bonds. The number of hydrogen-bond acceptors (Lipinski definition) is 5. The van der Waals surface area contributed by atoms with Crippen molar-refractivity contribution in [1.29, 1.82) is 0 Å². The molecule has 1 N–H and O–H groups in total. The van der Waals surface area contributed by atoms with Crippen molar-refractivity contribution in [2.45, 2.75) is 26.2 Å². The predicted octanol–water partition coefficient (Wildman–Crippen LogP) is 2.50. The third-order valence-corrected chi connectivity index (χ3v) is 4.08. The quantitative estimate of drug-likeness (QED) is 0.663. The summed E-state index contributed by atoms with van der Waals surface area (Å²) in [5, 5.41) is 10.9. The van der Waals surface area contributed by atoms with Gasteiger partial charge in [0.25, 0.3) is 0 Å². The van der Waals surface area contributed by atoms with E-state index in [1.165, 1.54) is 0 Å². The first-order valence-electron chi connectivity index (χ1n) is 8.64. The lowest BCUT2D eigenvalue weighted by atomic mass is 10.2. The van der Waals surface area contributed by atoms with Crippen LogP contribution in [0.4, 0.5) is 0 Å². The molecule has 3 aromatic rings. The van der Waals surface area contributed by atoms with Gasteiger partial charge in [-0.15, -0.1) is 10.2 Å². The lowest BCUT2D eigenvalue weighted by molar-refractivity contribution is -0.132. The van der Waals surface area contributed by atoms with Crippen molar-refractivity contribution in [3.05, 3.63) is 72.3 Å². The van der Waals surface area contributed by atoms with E-state index in [0.29, 0.717) is 12.4 Å². The van der Waals surface area contributed by atoms with E-state index in [2.05, 4.69) is 15.5 Å². The number of ether oxygens (including phenoxy) is 2. The molecular weight excluding hydrogens is 344 g/mol. The lowest BCUT2D eigenvalue weighted by Crippen LogP contribution is -2.34. The minimum absolute atomic E-state index is 0.208. The van der Waals surface area contributed by atoms with E-state index in [0.717, 1.165) is 17.0 Å². The van der Waals surface area contributed by atoms with Crippen LogP contribution in [-0.4, -0.2) is 33.9 Å². The van der Waals surface area contributed by atoms with Gasteiger partial charge < -0.3 is 14.8 Å². The molecule has 7 heteroatoms. The van der Waals surface area contributed by atoms with Crippen molar-refractivity contribution in [1.82, 2.24) is 20.1 Å². The molecule has 0 fully saturated rings. The fraction of sp³-hybridized carbons (Fsp3) is 0.250. The summed E-state index contributed by atoms with van der Waals surface area (Å²) < 4.78 is 12.7. The number of carbonyl (C=O) groups is 1. The SMILES string of the molecule is COc1cccc(COC(C)C(=O)NCc2nncn2-c2ccccc2)c1. The van der Waals surface area contributed by atoms with E-state index in [1.807, 2.05) is 59.2 Å². The maximum Gasteiger partial charge on any atom is 0.249 e. The molecule has 27 heavy (non-hydrogen) atoms. The smallest absolute Gasteiger partial charge is 0.249 e. The summed E-state index contributed by atoms with van der Waals surface area (Å²) in [4.78, 5) is 12.3.